The fourth-order valence-electron chi connectivity index (χ4n) is 3.76. The molecule has 3 N–H and O–H groups in total. The summed E-state index contributed by atoms with van der Waals surface area (Å²) >= 11 is 0. The molecule has 2 saturated carbocycles. The third-order valence-corrected chi connectivity index (χ3v) is 5.45. The number of carbonyl (C=O) groups is 1. The average molecular weight is 283 g/mol. The van der Waals surface area contributed by atoms with E-state index >= 15 is 0 Å². The molecule has 0 aromatic heterocycles. The molecule has 2 aliphatic carbocycles. The number of hydrogen-bond acceptors (Lipinski definition) is 3. The molecule has 0 saturated heterocycles. The van der Waals surface area contributed by atoms with Gasteiger partial charge in [0.15, 0.2) is 0 Å². The molecular weight excluding hydrogens is 254 g/mol. The first-order valence-electron chi connectivity index (χ1n) is 8.01. The fourth-order valence-corrected chi connectivity index (χ4v) is 3.76. The molecule has 0 radical (unpaired) electrons. The van der Waals surface area contributed by atoms with Crippen LogP contribution in [0.3, 0.4) is 0 Å². The van der Waals surface area contributed by atoms with Gasteiger partial charge in [0, 0.05) is 12.6 Å². The van der Waals surface area contributed by atoms with Crippen LogP contribution >= 0.6 is 0 Å². The van der Waals surface area contributed by atoms with Gasteiger partial charge in [-0.15, -0.1) is 0 Å². The lowest BCUT2D eigenvalue weighted by Crippen LogP contribution is -2.52. The van der Waals surface area contributed by atoms with Crippen LogP contribution in [-0.4, -0.2) is 34.4 Å². The zero-order valence-corrected chi connectivity index (χ0v) is 12.8. The molecule has 0 spiro atoms. The second kappa shape index (κ2) is 6.02. The van der Waals surface area contributed by atoms with E-state index in [1.165, 1.54) is 25.7 Å². The van der Waals surface area contributed by atoms with Crippen molar-refractivity contribution in [1.82, 2.24) is 5.32 Å². The van der Waals surface area contributed by atoms with E-state index in [-0.39, 0.29) is 5.92 Å². The molecule has 4 heteroatoms. The highest BCUT2D eigenvalue weighted by Crippen LogP contribution is 2.37. The van der Waals surface area contributed by atoms with Crippen LogP contribution in [0.5, 0.6) is 0 Å². The lowest BCUT2D eigenvalue weighted by molar-refractivity contribution is -0.144. The lowest BCUT2D eigenvalue weighted by atomic mass is 9.72. The Kier molecular flexibility index (Phi) is 4.75. The first-order valence-corrected chi connectivity index (χ1v) is 8.01. The summed E-state index contributed by atoms with van der Waals surface area (Å²) in [7, 11) is 0. The van der Waals surface area contributed by atoms with Crippen LogP contribution < -0.4 is 5.32 Å². The van der Waals surface area contributed by atoms with Gasteiger partial charge in [-0.3, -0.25) is 4.79 Å². The average Bonchev–Trinajstić information content (AvgIpc) is 2.37. The van der Waals surface area contributed by atoms with Gasteiger partial charge in [0.25, 0.3) is 0 Å². The zero-order valence-electron chi connectivity index (χ0n) is 12.8. The van der Waals surface area contributed by atoms with Crippen molar-refractivity contribution in [3.63, 3.8) is 0 Å². The Morgan fingerprint density at radius 2 is 1.80 bits per heavy atom. The summed E-state index contributed by atoms with van der Waals surface area (Å²) < 4.78 is 0. The smallest absolute Gasteiger partial charge is 0.306 e. The molecule has 0 heterocycles. The fraction of sp³-hybridized carbons (Fsp3) is 0.938. The van der Waals surface area contributed by atoms with E-state index in [0.29, 0.717) is 43.7 Å². The van der Waals surface area contributed by atoms with E-state index in [2.05, 4.69) is 19.2 Å². The SMILES string of the molecule is CC1(C)CCCCC1NCC1(O)CCC(C(=O)O)CC1. The first kappa shape index (κ1) is 15.8. The first-order chi connectivity index (χ1) is 9.32. The zero-order chi connectivity index (χ0) is 14.8. The van der Waals surface area contributed by atoms with Gasteiger partial charge >= 0.3 is 5.97 Å². The van der Waals surface area contributed by atoms with Crippen molar-refractivity contribution in [3.05, 3.63) is 0 Å². The predicted octanol–water partition coefficient (Wildman–Crippen LogP) is 2.55. The Bertz CT molecular complexity index is 346. The van der Waals surface area contributed by atoms with Crippen LogP contribution in [0.15, 0.2) is 0 Å². The van der Waals surface area contributed by atoms with Crippen LogP contribution in [-0.2, 0) is 4.79 Å². The molecule has 2 rings (SSSR count). The Morgan fingerprint density at radius 1 is 1.15 bits per heavy atom. The highest BCUT2D eigenvalue weighted by molar-refractivity contribution is 5.70. The van der Waals surface area contributed by atoms with Crippen molar-refractivity contribution < 1.29 is 15.0 Å². The summed E-state index contributed by atoms with van der Waals surface area (Å²) in [6.07, 6.45) is 7.39. The molecule has 2 fully saturated rings. The summed E-state index contributed by atoms with van der Waals surface area (Å²) in [4.78, 5) is 11.0. The van der Waals surface area contributed by atoms with Crippen molar-refractivity contribution in [2.24, 2.45) is 11.3 Å². The van der Waals surface area contributed by atoms with Crippen LogP contribution in [0.25, 0.3) is 0 Å². The minimum atomic E-state index is -0.714. The summed E-state index contributed by atoms with van der Waals surface area (Å²) in [6, 6.07) is 0.470. The van der Waals surface area contributed by atoms with E-state index < -0.39 is 11.6 Å². The van der Waals surface area contributed by atoms with Gasteiger partial charge in [0.05, 0.1) is 11.5 Å². The normalized spacial score (nSPS) is 37.5. The molecule has 1 unspecified atom stereocenters. The quantitative estimate of drug-likeness (QED) is 0.741. The summed E-state index contributed by atoms with van der Waals surface area (Å²) in [5.74, 6) is -0.977. The highest BCUT2D eigenvalue weighted by Gasteiger charge is 2.38. The van der Waals surface area contributed by atoms with E-state index in [9.17, 15) is 9.90 Å². The maximum absolute atomic E-state index is 11.0. The molecular formula is C16H29NO3. The molecule has 0 aromatic rings. The number of hydrogen-bond donors (Lipinski definition) is 3. The van der Waals surface area contributed by atoms with Gasteiger partial charge in [-0.2, -0.15) is 0 Å². The molecule has 116 valence electrons. The predicted molar refractivity (Wildman–Crippen MR) is 78.6 cm³/mol. The molecule has 2 aliphatic rings. The lowest BCUT2D eigenvalue weighted by Gasteiger charge is -2.42. The van der Waals surface area contributed by atoms with Crippen LogP contribution in [0.1, 0.15) is 65.2 Å². The van der Waals surface area contributed by atoms with E-state index in [4.69, 9.17) is 5.11 Å². The van der Waals surface area contributed by atoms with Crippen LogP contribution in [0, 0.1) is 11.3 Å². The molecule has 4 nitrogen and oxygen atoms in total. The van der Waals surface area contributed by atoms with Gasteiger partial charge in [-0.1, -0.05) is 26.7 Å². The summed E-state index contributed by atoms with van der Waals surface area (Å²) in [5, 5.41) is 23.2. The third-order valence-electron chi connectivity index (χ3n) is 5.45. The minimum Gasteiger partial charge on any atom is -0.481 e. The molecule has 1 atom stereocenters. The van der Waals surface area contributed by atoms with E-state index in [0.717, 1.165) is 0 Å². The monoisotopic (exact) mass is 283 g/mol. The second-order valence-corrected chi connectivity index (χ2v) is 7.50. The van der Waals surface area contributed by atoms with Crippen molar-refractivity contribution in [3.8, 4) is 0 Å². The maximum Gasteiger partial charge on any atom is 0.306 e. The summed E-state index contributed by atoms with van der Waals surface area (Å²) in [6.45, 7) is 5.21. The number of nitrogens with one attached hydrogen (secondary N) is 1. The maximum atomic E-state index is 11.0. The van der Waals surface area contributed by atoms with Crippen molar-refractivity contribution >= 4 is 5.97 Å². The number of carboxylic acid groups (broad SMARTS) is 1. The number of rotatable bonds is 4. The third kappa shape index (κ3) is 3.73. The van der Waals surface area contributed by atoms with Gasteiger partial charge in [-0.05, 0) is 43.9 Å². The largest absolute Gasteiger partial charge is 0.481 e. The van der Waals surface area contributed by atoms with Crippen molar-refractivity contribution in [1.29, 1.82) is 0 Å². The molecule has 20 heavy (non-hydrogen) atoms. The van der Waals surface area contributed by atoms with Crippen LogP contribution in [0.4, 0.5) is 0 Å². The van der Waals surface area contributed by atoms with Crippen molar-refractivity contribution in [2.75, 3.05) is 6.54 Å². The topological polar surface area (TPSA) is 69.6 Å². The molecule has 0 aliphatic heterocycles. The Labute approximate surface area is 122 Å². The van der Waals surface area contributed by atoms with Gasteiger partial charge in [-0.25, -0.2) is 0 Å². The van der Waals surface area contributed by atoms with Gasteiger partial charge < -0.3 is 15.5 Å². The number of aliphatic hydroxyl groups is 1. The molecule has 0 bridgehead atoms. The number of carboxylic acids is 1. The minimum absolute atomic E-state index is 0.263. The Morgan fingerprint density at radius 3 is 2.35 bits per heavy atom. The van der Waals surface area contributed by atoms with E-state index in [1.54, 1.807) is 0 Å². The second-order valence-electron chi connectivity index (χ2n) is 7.50. The molecule has 0 aromatic carbocycles. The number of aliphatic carboxylic acids is 1. The summed E-state index contributed by atoms with van der Waals surface area (Å²) in [5.41, 5.74) is -0.410. The van der Waals surface area contributed by atoms with E-state index in [1.807, 2.05) is 0 Å². The van der Waals surface area contributed by atoms with Crippen LogP contribution in [0.2, 0.25) is 0 Å². The highest BCUT2D eigenvalue weighted by atomic mass is 16.4. The Hall–Kier alpha value is -0.610. The van der Waals surface area contributed by atoms with Gasteiger partial charge in [0.1, 0.15) is 0 Å². The van der Waals surface area contributed by atoms with Gasteiger partial charge in [0.2, 0.25) is 0 Å². The standard InChI is InChI=1S/C16H29NO3/c1-15(2)8-4-3-5-13(15)17-11-16(20)9-6-12(7-10-16)14(18)19/h12-13,17,20H,3-11H2,1-2H3,(H,18,19). The molecule has 0 amide bonds. The Balaban J connectivity index is 1.83. The van der Waals surface area contributed by atoms with Crippen molar-refractivity contribution in [2.45, 2.75) is 76.9 Å².